The lowest BCUT2D eigenvalue weighted by atomic mass is 9.97. The lowest BCUT2D eigenvalue weighted by Crippen LogP contribution is -2.30. The molecule has 8 nitrogen and oxygen atoms in total. The monoisotopic (exact) mass is 577 g/mol. The van der Waals surface area contributed by atoms with E-state index < -0.39 is 6.03 Å². The van der Waals surface area contributed by atoms with E-state index in [0.29, 0.717) is 41.3 Å². The molecular weight excluding hydrogens is 542 g/mol. The Morgan fingerprint density at radius 2 is 1.85 bits per heavy atom. The Bertz CT molecular complexity index is 1550. The third kappa shape index (κ3) is 6.51. The van der Waals surface area contributed by atoms with Crippen LogP contribution in [0.4, 0.5) is 16.2 Å². The van der Waals surface area contributed by atoms with Crippen LogP contribution in [0.1, 0.15) is 37.4 Å². The number of aliphatic hydroxyl groups excluding tert-OH is 1. The molecule has 0 fully saturated rings. The van der Waals surface area contributed by atoms with E-state index in [1.807, 2.05) is 61.9 Å². The molecule has 4 aromatic rings. The van der Waals surface area contributed by atoms with Crippen LogP contribution in [-0.2, 0) is 13.0 Å². The number of hydrogen-bond donors (Lipinski definition) is 3. The van der Waals surface area contributed by atoms with Gasteiger partial charge in [-0.3, -0.25) is 9.36 Å². The van der Waals surface area contributed by atoms with E-state index in [4.69, 9.17) is 0 Å². The van der Waals surface area contributed by atoms with Crippen LogP contribution >= 0.6 is 23.5 Å². The number of carbonyl (C=O) groups excluding carboxylic acids is 1. The van der Waals surface area contributed by atoms with Crippen LogP contribution in [0.2, 0.25) is 0 Å². The van der Waals surface area contributed by atoms with Gasteiger partial charge < -0.3 is 15.7 Å². The SMILES string of the molecule is CCCCn1c(=O)c(NC(=O)Nc2c(SC)cc(C)nc2SC)c(-c2cccc(CCCO)c2)c2cccnc21. The van der Waals surface area contributed by atoms with E-state index in [1.54, 1.807) is 10.8 Å². The van der Waals surface area contributed by atoms with E-state index in [0.717, 1.165) is 39.9 Å². The third-order valence-corrected chi connectivity index (χ3v) is 8.01. The van der Waals surface area contributed by atoms with Gasteiger partial charge in [0.05, 0.1) is 5.69 Å². The smallest absolute Gasteiger partial charge is 0.323 e. The molecule has 0 saturated carbocycles. The van der Waals surface area contributed by atoms with E-state index in [-0.39, 0.29) is 17.9 Å². The first-order valence-electron chi connectivity index (χ1n) is 13.3. The number of urea groups is 1. The normalized spacial score (nSPS) is 11.1. The van der Waals surface area contributed by atoms with Crippen molar-refractivity contribution in [2.75, 3.05) is 29.8 Å². The number of benzene rings is 1. The maximum Gasteiger partial charge on any atom is 0.323 e. The molecule has 3 N–H and O–H groups in total. The summed E-state index contributed by atoms with van der Waals surface area (Å²) in [6.45, 7) is 4.58. The molecule has 1 aromatic carbocycles. The average molecular weight is 578 g/mol. The number of thioether (sulfide) groups is 2. The maximum absolute atomic E-state index is 14.0. The lowest BCUT2D eigenvalue weighted by Gasteiger charge is -2.19. The summed E-state index contributed by atoms with van der Waals surface area (Å²) in [6.07, 6.45) is 8.60. The summed E-state index contributed by atoms with van der Waals surface area (Å²) in [6, 6.07) is 13.1. The Kier molecular flexibility index (Phi) is 10.2. The second-order valence-electron chi connectivity index (χ2n) is 9.39. The molecule has 3 heterocycles. The Morgan fingerprint density at radius 3 is 2.58 bits per heavy atom. The first-order valence-corrected chi connectivity index (χ1v) is 15.8. The quantitative estimate of drug-likeness (QED) is 0.173. The summed E-state index contributed by atoms with van der Waals surface area (Å²) < 4.78 is 1.65. The number of aliphatic hydroxyl groups is 1. The molecule has 40 heavy (non-hydrogen) atoms. The van der Waals surface area contributed by atoms with Gasteiger partial charge >= 0.3 is 6.03 Å². The second-order valence-corrected chi connectivity index (χ2v) is 11.0. The first kappa shape index (κ1) is 29.6. The molecule has 0 aliphatic carbocycles. The minimum Gasteiger partial charge on any atom is -0.396 e. The van der Waals surface area contributed by atoms with Gasteiger partial charge in [0.15, 0.2) is 0 Å². The number of amides is 2. The molecule has 4 rings (SSSR count). The zero-order valence-electron chi connectivity index (χ0n) is 23.3. The molecular formula is C30H35N5O3S2. The molecule has 0 bridgehead atoms. The van der Waals surface area contributed by atoms with Crippen LogP contribution in [0.5, 0.6) is 0 Å². The number of carbonyl (C=O) groups is 1. The van der Waals surface area contributed by atoms with Gasteiger partial charge in [-0.05, 0) is 68.0 Å². The van der Waals surface area contributed by atoms with Gasteiger partial charge in [0.25, 0.3) is 5.56 Å². The van der Waals surface area contributed by atoms with Crippen LogP contribution in [0.25, 0.3) is 22.2 Å². The lowest BCUT2D eigenvalue weighted by molar-refractivity contribution is 0.262. The van der Waals surface area contributed by atoms with Gasteiger partial charge in [-0.15, -0.1) is 23.5 Å². The summed E-state index contributed by atoms with van der Waals surface area (Å²) in [5.41, 5.74) is 4.42. The standard InChI is InChI=1S/C30H35N5O3S2/c1-5-6-15-35-27-22(13-8-14-31-27)24(21-12-7-10-20(18-21)11-9-16-36)26(29(35)37)34-30(38)33-25-23(39-3)17-19(2)32-28(25)40-4/h7-8,10,12-14,17-18,36H,5-6,9,11,15-16H2,1-4H3,(H2,33,34,38). The minimum atomic E-state index is -0.517. The number of aromatic nitrogens is 3. The van der Waals surface area contributed by atoms with Crippen LogP contribution in [0.15, 0.2) is 63.4 Å². The number of nitrogens with zero attached hydrogens (tertiary/aromatic N) is 3. The predicted octanol–water partition coefficient (Wildman–Crippen LogP) is 6.58. The minimum absolute atomic E-state index is 0.0987. The molecule has 0 radical (unpaired) electrons. The molecule has 0 aliphatic rings. The summed E-state index contributed by atoms with van der Waals surface area (Å²) in [7, 11) is 0. The molecule has 10 heteroatoms. The van der Waals surface area contributed by atoms with Crippen molar-refractivity contribution in [2.24, 2.45) is 0 Å². The Hall–Kier alpha value is -3.34. The Labute approximate surface area is 243 Å². The number of fused-ring (bicyclic) bond motifs is 1. The molecule has 210 valence electrons. The topological polar surface area (TPSA) is 109 Å². The molecule has 0 aliphatic heterocycles. The van der Waals surface area contributed by atoms with Gasteiger partial charge in [0, 0.05) is 40.9 Å². The highest BCUT2D eigenvalue weighted by Gasteiger charge is 2.22. The zero-order valence-corrected chi connectivity index (χ0v) is 24.9. The summed E-state index contributed by atoms with van der Waals surface area (Å²) in [4.78, 5) is 37.7. The third-order valence-electron chi connectivity index (χ3n) is 6.56. The van der Waals surface area contributed by atoms with Crippen LogP contribution in [0.3, 0.4) is 0 Å². The highest BCUT2D eigenvalue weighted by molar-refractivity contribution is 7.99. The summed E-state index contributed by atoms with van der Waals surface area (Å²) in [5.74, 6) is 0. The van der Waals surface area contributed by atoms with E-state index >= 15 is 0 Å². The second kappa shape index (κ2) is 13.8. The van der Waals surface area contributed by atoms with E-state index in [9.17, 15) is 14.7 Å². The number of hydrogen-bond acceptors (Lipinski definition) is 7. The number of rotatable bonds is 11. The molecule has 2 amide bonds. The van der Waals surface area contributed by atoms with Gasteiger partial charge in [-0.25, -0.2) is 14.8 Å². The number of pyridine rings is 3. The van der Waals surface area contributed by atoms with Gasteiger partial charge in [-0.2, -0.15) is 0 Å². The molecule has 3 aromatic heterocycles. The van der Waals surface area contributed by atoms with E-state index in [1.165, 1.54) is 23.5 Å². The van der Waals surface area contributed by atoms with Crippen molar-refractivity contribution in [3.63, 3.8) is 0 Å². The number of nitrogens with one attached hydrogen (secondary N) is 2. The van der Waals surface area contributed by atoms with Crippen LogP contribution in [0, 0.1) is 6.92 Å². The van der Waals surface area contributed by atoms with Gasteiger partial charge in [0.1, 0.15) is 16.4 Å². The highest BCUT2D eigenvalue weighted by atomic mass is 32.2. The number of unbranched alkanes of at least 4 members (excludes halogenated alkanes) is 1. The molecule has 0 atom stereocenters. The van der Waals surface area contributed by atoms with Crippen molar-refractivity contribution in [3.8, 4) is 11.1 Å². The molecule has 0 unspecified atom stereocenters. The van der Waals surface area contributed by atoms with Crippen molar-refractivity contribution >= 4 is 52.0 Å². The number of anilines is 2. The molecule has 0 spiro atoms. The largest absolute Gasteiger partial charge is 0.396 e. The van der Waals surface area contributed by atoms with Gasteiger partial charge in [-0.1, -0.05) is 37.6 Å². The zero-order chi connectivity index (χ0) is 28.6. The van der Waals surface area contributed by atoms with Crippen LogP contribution in [-0.4, -0.2) is 44.8 Å². The predicted molar refractivity (Wildman–Crippen MR) is 167 cm³/mol. The summed E-state index contributed by atoms with van der Waals surface area (Å²) >= 11 is 2.98. The van der Waals surface area contributed by atoms with Crippen molar-refractivity contribution in [1.29, 1.82) is 0 Å². The first-order chi connectivity index (χ1) is 19.4. The maximum atomic E-state index is 14.0. The average Bonchev–Trinajstić information content (AvgIpc) is 2.96. The Balaban J connectivity index is 1.88. The van der Waals surface area contributed by atoms with Crippen LogP contribution < -0.4 is 16.2 Å². The highest BCUT2D eigenvalue weighted by Crippen LogP contribution is 2.36. The van der Waals surface area contributed by atoms with E-state index in [2.05, 4.69) is 27.5 Å². The fourth-order valence-corrected chi connectivity index (χ4v) is 5.99. The van der Waals surface area contributed by atoms with Crippen molar-refractivity contribution in [2.45, 2.75) is 56.0 Å². The fraction of sp³-hybridized carbons (Fsp3) is 0.333. The van der Waals surface area contributed by atoms with Gasteiger partial charge in [0.2, 0.25) is 0 Å². The fourth-order valence-electron chi connectivity index (χ4n) is 4.68. The Morgan fingerprint density at radius 1 is 1.05 bits per heavy atom. The summed E-state index contributed by atoms with van der Waals surface area (Å²) in [5, 5.41) is 16.7. The molecule has 0 saturated heterocycles. The van der Waals surface area contributed by atoms with Crippen molar-refractivity contribution in [1.82, 2.24) is 14.5 Å². The van der Waals surface area contributed by atoms with Crippen molar-refractivity contribution in [3.05, 3.63) is 70.3 Å². The number of aryl methyl sites for hydroxylation is 3. The van der Waals surface area contributed by atoms with Crippen molar-refractivity contribution < 1.29 is 9.90 Å².